The predicted molar refractivity (Wildman–Crippen MR) is 122 cm³/mol. The van der Waals surface area contributed by atoms with Crippen molar-refractivity contribution in [3.63, 3.8) is 0 Å². The summed E-state index contributed by atoms with van der Waals surface area (Å²) in [6.07, 6.45) is -0.0386. The monoisotopic (exact) mass is 425 g/mol. The van der Waals surface area contributed by atoms with Crippen LogP contribution in [-0.2, 0) is 9.47 Å². The van der Waals surface area contributed by atoms with Gasteiger partial charge in [0, 0.05) is 24.4 Å². The highest BCUT2D eigenvalue weighted by atomic mass is 16.5. The van der Waals surface area contributed by atoms with Crippen LogP contribution in [0.25, 0.3) is 11.1 Å². The first kappa shape index (κ1) is 21.2. The van der Waals surface area contributed by atoms with Crippen molar-refractivity contribution >= 4 is 12.1 Å². The molecule has 3 aromatic rings. The number of ether oxygens (including phenoxy) is 2. The highest BCUT2D eigenvalue weighted by Gasteiger charge is 2.28. The summed E-state index contributed by atoms with van der Waals surface area (Å²) in [5.74, 6) is 5.54. The van der Waals surface area contributed by atoms with Gasteiger partial charge in [-0.1, -0.05) is 72.5 Å². The SMILES string of the molecule is COC(=O)c1ccccc1C#CCCNC(=O)OCC1c2ccccc2-c2ccccc21. The standard InChI is InChI=1S/C27H23NO4/c1-31-26(29)20-12-3-2-10-19(20)11-8-9-17-28-27(30)32-18-25-23-15-6-4-13-21(23)22-14-5-7-16-24(22)25/h2-7,10,12-16,25H,9,17-18H2,1H3,(H,28,30). The predicted octanol–water partition coefficient (Wildman–Crippen LogP) is 4.75. The Morgan fingerprint density at radius 3 is 2.22 bits per heavy atom. The Labute approximate surface area is 187 Å². The second kappa shape index (κ2) is 9.84. The number of nitrogens with one attached hydrogen (secondary N) is 1. The first-order valence-electron chi connectivity index (χ1n) is 10.4. The largest absolute Gasteiger partial charge is 0.465 e. The molecular formula is C27H23NO4. The quantitative estimate of drug-likeness (QED) is 0.364. The molecule has 1 aliphatic rings. The molecule has 0 bridgehead atoms. The molecule has 0 heterocycles. The maximum atomic E-state index is 12.2. The van der Waals surface area contributed by atoms with Gasteiger partial charge in [-0.2, -0.15) is 0 Å². The van der Waals surface area contributed by atoms with E-state index in [0.717, 1.165) is 0 Å². The van der Waals surface area contributed by atoms with E-state index >= 15 is 0 Å². The van der Waals surface area contributed by atoms with Gasteiger partial charge in [-0.15, -0.1) is 0 Å². The van der Waals surface area contributed by atoms with E-state index < -0.39 is 12.1 Å². The molecule has 0 atom stereocenters. The third-order valence-corrected chi connectivity index (χ3v) is 5.42. The van der Waals surface area contributed by atoms with E-state index in [1.807, 2.05) is 30.3 Å². The van der Waals surface area contributed by atoms with E-state index in [0.29, 0.717) is 24.1 Å². The van der Waals surface area contributed by atoms with Crippen molar-refractivity contribution in [1.82, 2.24) is 5.32 Å². The molecule has 0 saturated heterocycles. The van der Waals surface area contributed by atoms with E-state index in [1.54, 1.807) is 18.2 Å². The highest BCUT2D eigenvalue weighted by molar-refractivity contribution is 5.92. The number of fused-ring (bicyclic) bond motifs is 3. The minimum absolute atomic E-state index is 0.0303. The average molecular weight is 425 g/mol. The summed E-state index contributed by atoms with van der Waals surface area (Å²) in [5, 5.41) is 2.73. The maximum Gasteiger partial charge on any atom is 0.407 e. The third kappa shape index (κ3) is 4.50. The van der Waals surface area contributed by atoms with E-state index in [-0.39, 0.29) is 12.5 Å². The van der Waals surface area contributed by atoms with Gasteiger partial charge in [-0.05, 0) is 34.4 Å². The fraction of sp³-hybridized carbons (Fsp3) is 0.185. The molecule has 0 spiro atoms. The molecule has 1 N–H and O–H groups in total. The first-order valence-corrected chi connectivity index (χ1v) is 10.4. The van der Waals surface area contributed by atoms with E-state index in [1.165, 1.54) is 29.4 Å². The molecule has 0 aromatic heterocycles. The second-order valence-electron chi connectivity index (χ2n) is 7.34. The lowest BCUT2D eigenvalue weighted by Gasteiger charge is -2.14. The van der Waals surface area contributed by atoms with Crippen LogP contribution in [0.15, 0.2) is 72.8 Å². The van der Waals surface area contributed by atoms with Gasteiger partial charge in [-0.3, -0.25) is 0 Å². The molecule has 0 fully saturated rings. The van der Waals surface area contributed by atoms with Gasteiger partial charge in [0.25, 0.3) is 0 Å². The molecule has 3 aromatic carbocycles. The van der Waals surface area contributed by atoms with E-state index in [9.17, 15) is 9.59 Å². The van der Waals surface area contributed by atoms with Crippen molar-refractivity contribution in [2.45, 2.75) is 12.3 Å². The van der Waals surface area contributed by atoms with Crippen LogP contribution in [0.5, 0.6) is 0 Å². The Hall–Kier alpha value is -4.04. The number of amides is 1. The number of benzene rings is 3. The van der Waals surface area contributed by atoms with E-state index in [2.05, 4.69) is 41.4 Å². The van der Waals surface area contributed by atoms with Crippen molar-refractivity contribution in [1.29, 1.82) is 0 Å². The van der Waals surface area contributed by atoms with Crippen LogP contribution in [0.3, 0.4) is 0 Å². The zero-order valence-corrected chi connectivity index (χ0v) is 17.8. The Kier molecular flexibility index (Phi) is 6.52. The molecule has 1 amide bonds. The van der Waals surface area contributed by atoms with Crippen molar-refractivity contribution in [2.24, 2.45) is 0 Å². The number of hydrogen-bond acceptors (Lipinski definition) is 4. The van der Waals surface area contributed by atoms with Crippen LogP contribution in [-0.4, -0.2) is 32.3 Å². The molecule has 0 aliphatic heterocycles. The minimum Gasteiger partial charge on any atom is -0.465 e. The lowest BCUT2D eigenvalue weighted by Crippen LogP contribution is -2.26. The summed E-state index contributed by atoms with van der Waals surface area (Å²) in [7, 11) is 1.34. The molecule has 5 nitrogen and oxygen atoms in total. The lowest BCUT2D eigenvalue weighted by atomic mass is 9.98. The molecule has 1 aliphatic carbocycles. The summed E-state index contributed by atoms with van der Waals surface area (Å²) < 4.78 is 10.3. The molecular weight excluding hydrogens is 402 g/mol. The number of methoxy groups -OCH3 is 1. The van der Waals surface area contributed by atoms with Gasteiger partial charge in [0.2, 0.25) is 0 Å². The molecule has 32 heavy (non-hydrogen) atoms. The Morgan fingerprint density at radius 2 is 1.53 bits per heavy atom. The Bertz CT molecular complexity index is 1160. The fourth-order valence-electron chi connectivity index (χ4n) is 3.91. The first-order chi connectivity index (χ1) is 15.7. The topological polar surface area (TPSA) is 64.6 Å². The normalized spacial score (nSPS) is 11.5. The zero-order valence-electron chi connectivity index (χ0n) is 17.8. The van der Waals surface area contributed by atoms with Crippen LogP contribution in [0, 0.1) is 11.8 Å². The number of carbonyl (C=O) groups excluding carboxylic acids is 2. The van der Waals surface area contributed by atoms with Crippen molar-refractivity contribution in [3.05, 3.63) is 95.1 Å². The molecule has 0 radical (unpaired) electrons. The average Bonchev–Trinajstić information content (AvgIpc) is 3.16. The van der Waals surface area contributed by atoms with Crippen LogP contribution < -0.4 is 5.32 Å². The van der Waals surface area contributed by atoms with Gasteiger partial charge >= 0.3 is 12.1 Å². The van der Waals surface area contributed by atoms with Gasteiger partial charge in [0.05, 0.1) is 12.7 Å². The number of rotatable bonds is 5. The Balaban J connectivity index is 1.30. The van der Waals surface area contributed by atoms with Crippen molar-refractivity contribution in [3.8, 4) is 23.0 Å². The summed E-state index contributed by atoms with van der Waals surface area (Å²) in [4.78, 5) is 24.0. The third-order valence-electron chi connectivity index (χ3n) is 5.42. The number of carbonyl (C=O) groups is 2. The van der Waals surface area contributed by atoms with Gasteiger partial charge in [-0.25, -0.2) is 9.59 Å². The molecule has 4 rings (SSSR count). The second-order valence-corrected chi connectivity index (χ2v) is 7.34. The fourth-order valence-corrected chi connectivity index (χ4v) is 3.91. The summed E-state index contributed by atoms with van der Waals surface area (Å²) in [6.45, 7) is 0.627. The minimum atomic E-state index is -0.469. The molecule has 0 saturated carbocycles. The van der Waals surface area contributed by atoms with Gasteiger partial charge in [0.1, 0.15) is 6.61 Å². The molecule has 0 unspecified atom stereocenters. The van der Waals surface area contributed by atoms with Crippen molar-refractivity contribution < 1.29 is 19.1 Å². The number of esters is 1. The lowest BCUT2D eigenvalue weighted by molar-refractivity contribution is 0.0600. The highest BCUT2D eigenvalue weighted by Crippen LogP contribution is 2.44. The molecule has 160 valence electrons. The van der Waals surface area contributed by atoms with Crippen LogP contribution in [0.2, 0.25) is 0 Å². The zero-order chi connectivity index (χ0) is 22.3. The number of hydrogen-bond donors (Lipinski definition) is 1. The summed E-state index contributed by atoms with van der Waals surface area (Å²) in [5.41, 5.74) is 5.76. The van der Waals surface area contributed by atoms with E-state index in [4.69, 9.17) is 9.47 Å². The van der Waals surface area contributed by atoms with Crippen LogP contribution >= 0.6 is 0 Å². The summed E-state index contributed by atoms with van der Waals surface area (Å²) >= 11 is 0. The summed E-state index contributed by atoms with van der Waals surface area (Å²) in [6, 6.07) is 23.4. The van der Waals surface area contributed by atoms with Crippen LogP contribution in [0.4, 0.5) is 4.79 Å². The maximum absolute atomic E-state index is 12.2. The Morgan fingerprint density at radius 1 is 0.906 bits per heavy atom. The van der Waals surface area contributed by atoms with Gasteiger partial charge in [0.15, 0.2) is 0 Å². The van der Waals surface area contributed by atoms with Crippen LogP contribution in [0.1, 0.15) is 39.4 Å². The van der Waals surface area contributed by atoms with Crippen molar-refractivity contribution in [2.75, 3.05) is 20.3 Å². The smallest absolute Gasteiger partial charge is 0.407 e. The van der Waals surface area contributed by atoms with Gasteiger partial charge < -0.3 is 14.8 Å². The number of alkyl carbamates (subject to hydrolysis) is 1. The molecule has 5 heteroatoms.